The summed E-state index contributed by atoms with van der Waals surface area (Å²) in [7, 11) is 0. The molecule has 1 fully saturated rings. The standard InChI is InChI=1S/C26H25F3N2O/c27-26(28,29)21-16-14-20(15-17-21)24(30-22-11-5-2-6-12-22)25(32)31-18-8-7-13-23(31)19-9-3-1-4-10-19/h1-6,9-12,14-17,23-24,30H,7-8,13,18H2. The van der Waals surface area contributed by atoms with Crippen molar-refractivity contribution in [2.45, 2.75) is 37.5 Å². The number of carbonyl (C=O) groups excluding carboxylic acids is 1. The summed E-state index contributed by atoms with van der Waals surface area (Å²) in [6, 6.07) is 23.2. The van der Waals surface area contributed by atoms with E-state index in [1.807, 2.05) is 65.6 Å². The van der Waals surface area contributed by atoms with Gasteiger partial charge in [-0.2, -0.15) is 13.2 Å². The van der Waals surface area contributed by atoms with Crippen LogP contribution < -0.4 is 5.32 Å². The second kappa shape index (κ2) is 9.47. The van der Waals surface area contributed by atoms with Crippen LogP contribution in [0, 0.1) is 0 Å². The number of para-hydroxylation sites is 1. The molecule has 166 valence electrons. The van der Waals surface area contributed by atoms with Gasteiger partial charge in [-0.05, 0) is 54.7 Å². The SMILES string of the molecule is O=C(C(Nc1ccccc1)c1ccc(C(F)(F)F)cc1)N1CCCCC1c1ccccc1. The zero-order chi connectivity index (χ0) is 22.6. The molecule has 3 aromatic carbocycles. The average Bonchev–Trinajstić information content (AvgIpc) is 2.83. The van der Waals surface area contributed by atoms with E-state index in [0.29, 0.717) is 12.1 Å². The van der Waals surface area contributed by atoms with Crippen molar-refractivity contribution in [3.8, 4) is 0 Å². The molecule has 4 rings (SSSR count). The predicted molar refractivity (Wildman–Crippen MR) is 119 cm³/mol. The lowest BCUT2D eigenvalue weighted by Gasteiger charge is -2.38. The number of nitrogens with zero attached hydrogens (tertiary/aromatic N) is 1. The lowest BCUT2D eigenvalue weighted by molar-refractivity contribution is -0.137. The Hall–Kier alpha value is -3.28. The summed E-state index contributed by atoms with van der Waals surface area (Å²) in [4.78, 5) is 15.7. The lowest BCUT2D eigenvalue weighted by atomic mass is 9.93. The molecule has 6 heteroatoms. The molecule has 0 saturated carbocycles. The number of hydrogen-bond acceptors (Lipinski definition) is 2. The number of piperidine rings is 1. The first-order chi connectivity index (χ1) is 15.4. The van der Waals surface area contributed by atoms with Crippen LogP contribution in [0.2, 0.25) is 0 Å². The largest absolute Gasteiger partial charge is 0.416 e. The minimum absolute atomic E-state index is 0.0491. The summed E-state index contributed by atoms with van der Waals surface area (Å²) in [6.45, 7) is 0.617. The van der Waals surface area contributed by atoms with E-state index < -0.39 is 17.8 Å². The Bertz CT molecular complexity index is 1020. The average molecular weight is 438 g/mol. The fraction of sp³-hybridized carbons (Fsp3) is 0.269. The second-order valence-electron chi connectivity index (χ2n) is 8.02. The van der Waals surface area contributed by atoms with Crippen LogP contribution in [0.4, 0.5) is 18.9 Å². The molecule has 2 unspecified atom stereocenters. The van der Waals surface area contributed by atoms with Gasteiger partial charge in [0.25, 0.3) is 0 Å². The molecule has 3 aromatic rings. The summed E-state index contributed by atoms with van der Waals surface area (Å²) < 4.78 is 39.2. The predicted octanol–water partition coefficient (Wildman–Crippen LogP) is 6.61. The molecule has 0 spiro atoms. The van der Waals surface area contributed by atoms with Gasteiger partial charge in [0.2, 0.25) is 5.91 Å². The molecule has 32 heavy (non-hydrogen) atoms. The van der Waals surface area contributed by atoms with E-state index in [0.717, 1.165) is 42.6 Å². The van der Waals surface area contributed by atoms with Crippen LogP contribution in [0.5, 0.6) is 0 Å². The van der Waals surface area contributed by atoms with Gasteiger partial charge in [0.05, 0.1) is 11.6 Å². The molecule has 1 N–H and O–H groups in total. The van der Waals surface area contributed by atoms with Crippen LogP contribution >= 0.6 is 0 Å². The molecule has 1 heterocycles. The van der Waals surface area contributed by atoms with Gasteiger partial charge in [-0.15, -0.1) is 0 Å². The van der Waals surface area contributed by atoms with Gasteiger partial charge in [0.15, 0.2) is 0 Å². The fourth-order valence-corrected chi connectivity index (χ4v) is 4.24. The maximum atomic E-state index is 13.8. The van der Waals surface area contributed by atoms with Gasteiger partial charge < -0.3 is 10.2 Å². The number of alkyl halides is 3. The van der Waals surface area contributed by atoms with Gasteiger partial charge in [-0.3, -0.25) is 4.79 Å². The zero-order valence-corrected chi connectivity index (χ0v) is 17.6. The number of rotatable bonds is 5. The van der Waals surface area contributed by atoms with Crippen LogP contribution in [0.1, 0.15) is 48.0 Å². The Morgan fingerprint density at radius 3 is 2.12 bits per heavy atom. The summed E-state index contributed by atoms with van der Waals surface area (Å²) in [5.74, 6) is -0.137. The normalized spacial score (nSPS) is 17.6. The second-order valence-corrected chi connectivity index (χ2v) is 8.02. The number of anilines is 1. The van der Waals surface area contributed by atoms with Crippen molar-refractivity contribution in [2.75, 3.05) is 11.9 Å². The molecular weight excluding hydrogens is 413 g/mol. The molecule has 1 saturated heterocycles. The molecule has 2 atom stereocenters. The summed E-state index contributed by atoms with van der Waals surface area (Å²) in [5, 5.41) is 3.25. The van der Waals surface area contributed by atoms with Crippen LogP contribution in [-0.4, -0.2) is 17.4 Å². The summed E-state index contributed by atoms with van der Waals surface area (Å²) in [5.41, 5.74) is 1.59. The topological polar surface area (TPSA) is 32.3 Å². The Kier molecular flexibility index (Phi) is 6.49. The zero-order valence-electron chi connectivity index (χ0n) is 17.6. The highest BCUT2D eigenvalue weighted by Gasteiger charge is 2.34. The highest BCUT2D eigenvalue weighted by molar-refractivity contribution is 5.86. The van der Waals surface area contributed by atoms with E-state index in [9.17, 15) is 18.0 Å². The maximum Gasteiger partial charge on any atom is 0.416 e. The molecule has 3 nitrogen and oxygen atoms in total. The van der Waals surface area contributed by atoms with Gasteiger partial charge in [-0.1, -0.05) is 60.7 Å². The first-order valence-corrected chi connectivity index (χ1v) is 10.8. The van der Waals surface area contributed by atoms with Gasteiger partial charge in [0.1, 0.15) is 6.04 Å². The first-order valence-electron chi connectivity index (χ1n) is 10.8. The number of nitrogens with one attached hydrogen (secondary N) is 1. The molecule has 0 aliphatic carbocycles. The monoisotopic (exact) mass is 438 g/mol. The van der Waals surface area contributed by atoms with E-state index in [-0.39, 0.29) is 11.9 Å². The molecule has 1 amide bonds. The minimum atomic E-state index is -4.42. The van der Waals surface area contributed by atoms with Gasteiger partial charge in [0, 0.05) is 12.2 Å². The summed E-state index contributed by atoms with van der Waals surface area (Å²) in [6.07, 6.45) is -1.63. The van der Waals surface area contributed by atoms with Crippen molar-refractivity contribution < 1.29 is 18.0 Å². The molecule has 0 aromatic heterocycles. The van der Waals surface area contributed by atoms with Crippen LogP contribution in [-0.2, 0) is 11.0 Å². The maximum absolute atomic E-state index is 13.8. The Morgan fingerprint density at radius 2 is 1.50 bits per heavy atom. The van der Waals surface area contributed by atoms with Crippen LogP contribution in [0.15, 0.2) is 84.9 Å². The summed E-state index contributed by atoms with van der Waals surface area (Å²) >= 11 is 0. The highest BCUT2D eigenvalue weighted by atomic mass is 19.4. The Morgan fingerprint density at radius 1 is 0.875 bits per heavy atom. The van der Waals surface area contributed by atoms with E-state index in [1.165, 1.54) is 12.1 Å². The van der Waals surface area contributed by atoms with Crippen molar-refractivity contribution in [2.24, 2.45) is 0 Å². The third-order valence-corrected chi connectivity index (χ3v) is 5.87. The number of hydrogen-bond donors (Lipinski definition) is 1. The first kappa shape index (κ1) is 21.9. The highest BCUT2D eigenvalue weighted by Crippen LogP contribution is 2.35. The van der Waals surface area contributed by atoms with Crippen molar-refractivity contribution in [1.29, 1.82) is 0 Å². The van der Waals surface area contributed by atoms with E-state index in [2.05, 4.69) is 5.32 Å². The smallest absolute Gasteiger partial charge is 0.370 e. The number of amides is 1. The van der Waals surface area contributed by atoms with Crippen LogP contribution in [0.25, 0.3) is 0 Å². The minimum Gasteiger partial charge on any atom is -0.370 e. The van der Waals surface area contributed by atoms with E-state index in [1.54, 1.807) is 0 Å². The van der Waals surface area contributed by atoms with E-state index in [4.69, 9.17) is 0 Å². The molecule has 1 aliphatic rings. The lowest BCUT2D eigenvalue weighted by Crippen LogP contribution is -2.43. The van der Waals surface area contributed by atoms with Gasteiger partial charge >= 0.3 is 6.18 Å². The molecular formula is C26H25F3N2O. The van der Waals surface area contributed by atoms with Crippen molar-refractivity contribution in [3.63, 3.8) is 0 Å². The Labute approximate surface area is 185 Å². The number of halogens is 3. The third kappa shape index (κ3) is 4.96. The molecule has 1 aliphatic heterocycles. The van der Waals surface area contributed by atoms with Crippen molar-refractivity contribution in [1.82, 2.24) is 4.90 Å². The quantitative estimate of drug-likeness (QED) is 0.486. The third-order valence-electron chi connectivity index (χ3n) is 5.87. The number of likely N-dealkylation sites (tertiary alicyclic amines) is 1. The number of carbonyl (C=O) groups is 1. The van der Waals surface area contributed by atoms with E-state index >= 15 is 0 Å². The Balaban J connectivity index is 1.67. The van der Waals surface area contributed by atoms with Crippen LogP contribution in [0.3, 0.4) is 0 Å². The van der Waals surface area contributed by atoms with Crippen molar-refractivity contribution in [3.05, 3.63) is 102 Å². The number of benzene rings is 3. The van der Waals surface area contributed by atoms with Crippen molar-refractivity contribution >= 4 is 11.6 Å². The van der Waals surface area contributed by atoms with Gasteiger partial charge in [-0.25, -0.2) is 0 Å². The molecule has 0 bridgehead atoms. The fourth-order valence-electron chi connectivity index (χ4n) is 4.24. The molecule has 0 radical (unpaired) electrons.